The Bertz CT molecular complexity index is 291. The fraction of sp³-hybridized carbons (Fsp3) is 0.333. The number of ether oxygens (including phenoxy) is 1. The highest BCUT2D eigenvalue weighted by molar-refractivity contribution is 5.36. The first-order valence-corrected chi connectivity index (χ1v) is 3.98. The van der Waals surface area contributed by atoms with E-state index in [1.807, 2.05) is 6.92 Å². The Morgan fingerprint density at radius 2 is 2.23 bits per heavy atom. The lowest BCUT2D eigenvalue weighted by Crippen LogP contribution is -2.25. The highest BCUT2D eigenvalue weighted by Crippen LogP contribution is 2.24. The predicted molar refractivity (Wildman–Crippen MR) is 48.7 cm³/mol. The summed E-state index contributed by atoms with van der Waals surface area (Å²) in [7, 11) is 1.50. The number of nitrogens with two attached hydrogens (primary N) is 1. The number of halogens is 1. The number of hydrogen-bond donors (Lipinski definition) is 2. The van der Waals surface area contributed by atoms with Gasteiger partial charge in [-0.15, -0.1) is 0 Å². The van der Waals surface area contributed by atoms with Crippen molar-refractivity contribution >= 4 is 0 Å². The van der Waals surface area contributed by atoms with Crippen LogP contribution in [0.3, 0.4) is 0 Å². The Balaban J connectivity index is 3.05. The third-order valence-electron chi connectivity index (χ3n) is 1.91. The molecular formula is C9H13FN2O. The molecule has 0 unspecified atom stereocenters. The van der Waals surface area contributed by atoms with Crippen LogP contribution in [0, 0.1) is 5.82 Å². The molecule has 1 aromatic carbocycles. The van der Waals surface area contributed by atoms with Crippen LogP contribution in [0.5, 0.6) is 5.75 Å². The second-order valence-electron chi connectivity index (χ2n) is 2.77. The molecule has 0 bridgehead atoms. The first-order valence-electron chi connectivity index (χ1n) is 3.98. The Morgan fingerprint density at radius 3 is 2.77 bits per heavy atom. The summed E-state index contributed by atoms with van der Waals surface area (Å²) in [4.78, 5) is 0. The molecule has 0 aliphatic carbocycles. The van der Waals surface area contributed by atoms with Crippen molar-refractivity contribution in [3.63, 3.8) is 0 Å². The average molecular weight is 184 g/mol. The Hall–Kier alpha value is -1.13. The van der Waals surface area contributed by atoms with E-state index in [1.165, 1.54) is 19.2 Å². The summed E-state index contributed by atoms with van der Waals surface area (Å²) in [5, 5.41) is 0. The van der Waals surface area contributed by atoms with Gasteiger partial charge in [-0.25, -0.2) is 4.39 Å². The van der Waals surface area contributed by atoms with Gasteiger partial charge in [0.1, 0.15) is 11.6 Å². The van der Waals surface area contributed by atoms with Crippen LogP contribution in [-0.4, -0.2) is 7.11 Å². The quantitative estimate of drug-likeness (QED) is 0.550. The fourth-order valence-electron chi connectivity index (χ4n) is 1.13. The first kappa shape index (κ1) is 9.95. The van der Waals surface area contributed by atoms with Gasteiger partial charge in [-0.3, -0.25) is 11.3 Å². The number of hydrogen-bond acceptors (Lipinski definition) is 3. The van der Waals surface area contributed by atoms with Gasteiger partial charge in [0.25, 0.3) is 0 Å². The number of rotatable bonds is 3. The molecule has 13 heavy (non-hydrogen) atoms. The van der Waals surface area contributed by atoms with Crippen LogP contribution in [-0.2, 0) is 0 Å². The van der Waals surface area contributed by atoms with E-state index in [0.717, 1.165) is 5.56 Å². The summed E-state index contributed by atoms with van der Waals surface area (Å²) in [6.07, 6.45) is 0. The third-order valence-corrected chi connectivity index (χ3v) is 1.91. The first-order chi connectivity index (χ1) is 6.19. The molecule has 72 valence electrons. The summed E-state index contributed by atoms with van der Waals surface area (Å²) >= 11 is 0. The Kier molecular flexibility index (Phi) is 3.22. The summed E-state index contributed by atoms with van der Waals surface area (Å²) in [5.74, 6) is 5.46. The molecule has 0 aliphatic heterocycles. The topological polar surface area (TPSA) is 47.3 Å². The number of nitrogens with one attached hydrogen (secondary N) is 1. The van der Waals surface area contributed by atoms with E-state index in [1.54, 1.807) is 6.07 Å². The second kappa shape index (κ2) is 4.20. The van der Waals surface area contributed by atoms with Crippen LogP contribution in [0.25, 0.3) is 0 Å². The van der Waals surface area contributed by atoms with Crippen molar-refractivity contribution in [3.8, 4) is 5.75 Å². The summed E-state index contributed by atoms with van der Waals surface area (Å²) in [6, 6.07) is 4.31. The van der Waals surface area contributed by atoms with E-state index in [-0.39, 0.29) is 11.9 Å². The van der Waals surface area contributed by atoms with Crippen molar-refractivity contribution in [2.24, 2.45) is 5.84 Å². The van der Waals surface area contributed by atoms with Gasteiger partial charge in [0.2, 0.25) is 0 Å². The van der Waals surface area contributed by atoms with Crippen LogP contribution in [0.2, 0.25) is 0 Å². The van der Waals surface area contributed by atoms with E-state index in [4.69, 9.17) is 10.6 Å². The molecule has 0 spiro atoms. The van der Waals surface area contributed by atoms with E-state index in [0.29, 0.717) is 5.75 Å². The number of methoxy groups -OCH3 is 1. The molecular weight excluding hydrogens is 171 g/mol. The number of hydrazine groups is 1. The smallest absolute Gasteiger partial charge is 0.126 e. The molecule has 0 saturated heterocycles. The molecule has 4 heteroatoms. The van der Waals surface area contributed by atoms with Crippen LogP contribution in [0.4, 0.5) is 4.39 Å². The van der Waals surface area contributed by atoms with Gasteiger partial charge >= 0.3 is 0 Å². The standard InChI is InChI=1S/C9H13FN2O/c1-6(12-11)8-4-3-7(10)5-9(8)13-2/h3-6,12H,11H2,1-2H3/t6-/m1/s1. The highest BCUT2D eigenvalue weighted by atomic mass is 19.1. The normalized spacial score (nSPS) is 12.6. The summed E-state index contributed by atoms with van der Waals surface area (Å²) < 4.78 is 17.8. The van der Waals surface area contributed by atoms with E-state index in [9.17, 15) is 4.39 Å². The van der Waals surface area contributed by atoms with Crippen LogP contribution in [0.15, 0.2) is 18.2 Å². The molecule has 0 fully saturated rings. The van der Waals surface area contributed by atoms with Gasteiger partial charge in [-0.1, -0.05) is 6.07 Å². The molecule has 0 saturated carbocycles. The zero-order chi connectivity index (χ0) is 9.84. The van der Waals surface area contributed by atoms with Crippen molar-refractivity contribution in [1.29, 1.82) is 0 Å². The van der Waals surface area contributed by atoms with Crippen LogP contribution >= 0.6 is 0 Å². The van der Waals surface area contributed by atoms with Crippen molar-refractivity contribution in [1.82, 2.24) is 5.43 Å². The molecule has 0 aromatic heterocycles. The monoisotopic (exact) mass is 184 g/mol. The minimum Gasteiger partial charge on any atom is -0.496 e. The third kappa shape index (κ3) is 2.17. The average Bonchev–Trinajstić information content (AvgIpc) is 2.16. The lowest BCUT2D eigenvalue weighted by atomic mass is 10.1. The highest BCUT2D eigenvalue weighted by Gasteiger charge is 2.09. The molecule has 0 radical (unpaired) electrons. The molecule has 1 atom stereocenters. The minimum absolute atomic E-state index is 0.0597. The van der Waals surface area contributed by atoms with E-state index < -0.39 is 0 Å². The SMILES string of the molecule is COc1cc(F)ccc1[C@@H](C)NN. The predicted octanol–water partition coefficient (Wildman–Crippen LogP) is 1.36. The van der Waals surface area contributed by atoms with Crippen molar-refractivity contribution in [2.75, 3.05) is 7.11 Å². The van der Waals surface area contributed by atoms with Gasteiger partial charge in [-0.05, 0) is 13.0 Å². The number of benzene rings is 1. The molecule has 1 aromatic rings. The van der Waals surface area contributed by atoms with Crippen molar-refractivity contribution < 1.29 is 9.13 Å². The van der Waals surface area contributed by atoms with Gasteiger partial charge in [0.05, 0.1) is 7.11 Å². The largest absolute Gasteiger partial charge is 0.496 e. The van der Waals surface area contributed by atoms with Gasteiger partial charge in [0.15, 0.2) is 0 Å². The van der Waals surface area contributed by atoms with Gasteiger partial charge < -0.3 is 4.74 Å². The Morgan fingerprint density at radius 1 is 1.54 bits per heavy atom. The maximum absolute atomic E-state index is 12.8. The lowest BCUT2D eigenvalue weighted by molar-refractivity contribution is 0.399. The van der Waals surface area contributed by atoms with E-state index in [2.05, 4.69) is 5.43 Å². The Labute approximate surface area is 76.7 Å². The minimum atomic E-state index is -0.315. The molecule has 3 N–H and O–H groups in total. The van der Waals surface area contributed by atoms with Gasteiger partial charge in [0, 0.05) is 17.7 Å². The fourth-order valence-corrected chi connectivity index (χ4v) is 1.13. The molecule has 3 nitrogen and oxygen atoms in total. The molecule has 0 amide bonds. The zero-order valence-electron chi connectivity index (χ0n) is 7.67. The van der Waals surface area contributed by atoms with Crippen molar-refractivity contribution in [2.45, 2.75) is 13.0 Å². The van der Waals surface area contributed by atoms with Crippen LogP contribution in [0.1, 0.15) is 18.5 Å². The maximum Gasteiger partial charge on any atom is 0.126 e. The zero-order valence-corrected chi connectivity index (χ0v) is 7.67. The van der Waals surface area contributed by atoms with Gasteiger partial charge in [-0.2, -0.15) is 0 Å². The van der Waals surface area contributed by atoms with E-state index >= 15 is 0 Å². The molecule has 0 aliphatic rings. The summed E-state index contributed by atoms with van der Waals surface area (Å²) in [5.41, 5.74) is 3.41. The molecule has 0 heterocycles. The maximum atomic E-state index is 12.8. The van der Waals surface area contributed by atoms with Crippen molar-refractivity contribution in [3.05, 3.63) is 29.6 Å². The molecule has 1 rings (SSSR count). The summed E-state index contributed by atoms with van der Waals surface area (Å²) in [6.45, 7) is 1.87. The van der Waals surface area contributed by atoms with Crippen LogP contribution < -0.4 is 16.0 Å². The lowest BCUT2D eigenvalue weighted by Gasteiger charge is -2.14. The second-order valence-corrected chi connectivity index (χ2v) is 2.77.